The van der Waals surface area contributed by atoms with Gasteiger partial charge in [0.15, 0.2) is 11.5 Å². The standard InChI is InChI=1S/C27H35N3O7/c1-3-35-27(33)20-8-5-12-29(17-20)25(31)11-13-30(18-22-10-6-14-36-22)26(32)23-16-24(37-28-23)19-7-4-9-21(15-19)34-2/h4,7,9,15-16,20,22H,3,5-6,8,10-14,17-18H2,1-2H3/t20-,22+/m1/s1. The molecule has 0 unspecified atom stereocenters. The zero-order chi connectivity index (χ0) is 26.2. The highest BCUT2D eigenvalue weighted by Crippen LogP contribution is 2.25. The molecule has 10 nitrogen and oxygen atoms in total. The highest BCUT2D eigenvalue weighted by molar-refractivity contribution is 5.93. The maximum Gasteiger partial charge on any atom is 0.310 e. The Morgan fingerprint density at radius 3 is 2.81 bits per heavy atom. The number of methoxy groups -OCH3 is 1. The van der Waals surface area contributed by atoms with Crippen LogP contribution in [0.25, 0.3) is 11.3 Å². The maximum atomic E-state index is 13.4. The summed E-state index contributed by atoms with van der Waals surface area (Å²) in [7, 11) is 1.58. The van der Waals surface area contributed by atoms with Crippen molar-refractivity contribution in [2.45, 2.75) is 45.1 Å². The molecule has 2 amide bonds. The number of carbonyl (C=O) groups is 3. The van der Waals surface area contributed by atoms with Crippen LogP contribution in [0, 0.1) is 5.92 Å². The summed E-state index contributed by atoms with van der Waals surface area (Å²) in [6.45, 7) is 4.31. The van der Waals surface area contributed by atoms with Crippen molar-refractivity contribution in [3.05, 3.63) is 36.0 Å². The smallest absolute Gasteiger partial charge is 0.310 e. The molecule has 10 heteroatoms. The number of piperidine rings is 1. The number of ether oxygens (including phenoxy) is 3. The number of aromatic nitrogens is 1. The summed E-state index contributed by atoms with van der Waals surface area (Å²) in [6.07, 6.45) is 3.34. The first-order valence-electron chi connectivity index (χ1n) is 12.9. The van der Waals surface area contributed by atoms with Crippen molar-refractivity contribution in [2.24, 2.45) is 5.92 Å². The van der Waals surface area contributed by atoms with Crippen molar-refractivity contribution in [3.8, 4) is 17.1 Å². The van der Waals surface area contributed by atoms with Crippen LogP contribution in [0.3, 0.4) is 0 Å². The number of carbonyl (C=O) groups excluding carboxylic acids is 3. The summed E-state index contributed by atoms with van der Waals surface area (Å²) < 4.78 is 21.6. The third-order valence-corrected chi connectivity index (χ3v) is 6.81. The van der Waals surface area contributed by atoms with Crippen LogP contribution in [-0.2, 0) is 19.1 Å². The fraction of sp³-hybridized carbons (Fsp3) is 0.556. The number of hydrogen-bond donors (Lipinski definition) is 0. The third-order valence-electron chi connectivity index (χ3n) is 6.81. The molecule has 0 aliphatic carbocycles. The average Bonchev–Trinajstić information content (AvgIpc) is 3.63. The Hall–Kier alpha value is -3.40. The third kappa shape index (κ3) is 6.88. The molecule has 200 valence electrons. The van der Waals surface area contributed by atoms with Gasteiger partial charge < -0.3 is 28.5 Å². The van der Waals surface area contributed by atoms with Crippen LogP contribution in [0.1, 0.15) is 49.5 Å². The van der Waals surface area contributed by atoms with E-state index in [0.29, 0.717) is 50.8 Å². The largest absolute Gasteiger partial charge is 0.497 e. The van der Waals surface area contributed by atoms with E-state index in [9.17, 15) is 14.4 Å². The molecule has 0 spiro atoms. The van der Waals surface area contributed by atoms with Gasteiger partial charge in [0.25, 0.3) is 5.91 Å². The van der Waals surface area contributed by atoms with Gasteiger partial charge >= 0.3 is 5.97 Å². The quantitative estimate of drug-likeness (QED) is 0.446. The van der Waals surface area contributed by atoms with E-state index in [4.69, 9.17) is 18.7 Å². The Kier molecular flexibility index (Phi) is 9.16. The molecule has 1 aromatic heterocycles. The summed E-state index contributed by atoms with van der Waals surface area (Å²) in [4.78, 5) is 42.0. The molecule has 4 rings (SSSR count). The molecule has 2 aliphatic heterocycles. The van der Waals surface area contributed by atoms with Gasteiger partial charge in [0.2, 0.25) is 5.91 Å². The van der Waals surface area contributed by atoms with Gasteiger partial charge in [-0.3, -0.25) is 14.4 Å². The lowest BCUT2D eigenvalue weighted by atomic mass is 9.98. The van der Waals surface area contributed by atoms with Crippen LogP contribution in [0.4, 0.5) is 0 Å². The normalized spacial score (nSPS) is 19.5. The van der Waals surface area contributed by atoms with Crippen molar-refractivity contribution >= 4 is 17.8 Å². The first kappa shape index (κ1) is 26.7. The van der Waals surface area contributed by atoms with Crippen LogP contribution >= 0.6 is 0 Å². The summed E-state index contributed by atoms with van der Waals surface area (Å²) in [6, 6.07) is 8.92. The number of nitrogens with zero attached hydrogens (tertiary/aromatic N) is 3. The first-order valence-corrected chi connectivity index (χ1v) is 12.9. The zero-order valence-corrected chi connectivity index (χ0v) is 21.5. The predicted molar refractivity (Wildman–Crippen MR) is 134 cm³/mol. The second kappa shape index (κ2) is 12.7. The van der Waals surface area contributed by atoms with Crippen LogP contribution < -0.4 is 4.74 Å². The van der Waals surface area contributed by atoms with Crippen molar-refractivity contribution in [3.63, 3.8) is 0 Å². The molecule has 0 radical (unpaired) electrons. The van der Waals surface area contributed by atoms with Gasteiger partial charge in [0.05, 0.1) is 25.7 Å². The second-order valence-electron chi connectivity index (χ2n) is 9.38. The zero-order valence-electron chi connectivity index (χ0n) is 21.5. The summed E-state index contributed by atoms with van der Waals surface area (Å²) in [5.41, 5.74) is 0.914. The van der Waals surface area contributed by atoms with Crippen LogP contribution in [0.15, 0.2) is 34.9 Å². The highest BCUT2D eigenvalue weighted by Gasteiger charge is 2.31. The average molecular weight is 514 g/mol. The minimum Gasteiger partial charge on any atom is -0.497 e. The van der Waals surface area contributed by atoms with E-state index in [1.807, 2.05) is 18.2 Å². The summed E-state index contributed by atoms with van der Waals surface area (Å²) in [5.74, 6) is 0.165. The fourth-order valence-corrected chi connectivity index (χ4v) is 4.81. The van der Waals surface area contributed by atoms with E-state index in [2.05, 4.69) is 5.16 Å². The molecular formula is C27H35N3O7. The van der Waals surface area contributed by atoms with Gasteiger partial charge in [0, 0.05) is 50.8 Å². The van der Waals surface area contributed by atoms with Gasteiger partial charge in [-0.1, -0.05) is 17.3 Å². The fourth-order valence-electron chi connectivity index (χ4n) is 4.81. The number of esters is 1. The first-order chi connectivity index (χ1) is 18.0. The minimum absolute atomic E-state index is 0.0769. The molecule has 2 aromatic rings. The molecule has 1 aromatic carbocycles. The van der Waals surface area contributed by atoms with E-state index in [0.717, 1.165) is 24.8 Å². The molecule has 2 aliphatic rings. The van der Waals surface area contributed by atoms with Crippen LogP contribution in [0.2, 0.25) is 0 Å². The molecule has 37 heavy (non-hydrogen) atoms. The molecule has 2 fully saturated rings. The predicted octanol–water partition coefficient (Wildman–Crippen LogP) is 3.16. The van der Waals surface area contributed by atoms with Gasteiger partial charge in [-0.05, 0) is 44.7 Å². The number of rotatable bonds is 10. The Morgan fingerprint density at radius 1 is 1.19 bits per heavy atom. The monoisotopic (exact) mass is 513 g/mol. The van der Waals surface area contributed by atoms with Gasteiger partial charge in [-0.2, -0.15) is 0 Å². The van der Waals surface area contributed by atoms with Crippen LogP contribution in [-0.4, -0.2) is 85.3 Å². The highest BCUT2D eigenvalue weighted by atomic mass is 16.5. The lowest BCUT2D eigenvalue weighted by molar-refractivity contribution is -0.151. The van der Waals surface area contributed by atoms with Gasteiger partial charge in [-0.25, -0.2) is 0 Å². The second-order valence-corrected chi connectivity index (χ2v) is 9.38. The lowest BCUT2D eigenvalue weighted by Gasteiger charge is -2.32. The number of hydrogen-bond acceptors (Lipinski definition) is 8. The van der Waals surface area contributed by atoms with E-state index >= 15 is 0 Å². The Bertz CT molecular complexity index is 1080. The molecule has 0 bridgehead atoms. The Labute approximate surface area is 216 Å². The SMILES string of the molecule is CCOC(=O)[C@@H]1CCCN(C(=O)CCN(C[C@@H]2CCCO2)C(=O)c2cc(-c3cccc(OC)c3)on2)C1. The van der Waals surface area contributed by atoms with Gasteiger partial charge in [-0.15, -0.1) is 0 Å². The van der Waals surface area contributed by atoms with E-state index in [1.54, 1.807) is 36.0 Å². The van der Waals surface area contributed by atoms with E-state index < -0.39 is 0 Å². The van der Waals surface area contributed by atoms with Crippen molar-refractivity contribution in [1.82, 2.24) is 15.0 Å². The summed E-state index contributed by atoms with van der Waals surface area (Å²) in [5, 5.41) is 4.01. The van der Waals surface area contributed by atoms with E-state index in [-0.39, 0.29) is 48.5 Å². The molecule has 0 N–H and O–H groups in total. The molecule has 2 atom stereocenters. The van der Waals surface area contributed by atoms with Crippen molar-refractivity contribution in [2.75, 3.05) is 46.5 Å². The summed E-state index contributed by atoms with van der Waals surface area (Å²) >= 11 is 0. The molecule has 0 saturated carbocycles. The number of likely N-dealkylation sites (tertiary alicyclic amines) is 1. The molecular weight excluding hydrogens is 478 g/mol. The van der Waals surface area contributed by atoms with Gasteiger partial charge in [0.1, 0.15) is 5.75 Å². The van der Waals surface area contributed by atoms with Crippen molar-refractivity contribution in [1.29, 1.82) is 0 Å². The number of benzene rings is 1. The topological polar surface area (TPSA) is 111 Å². The number of amides is 2. The lowest BCUT2D eigenvalue weighted by Crippen LogP contribution is -2.45. The van der Waals surface area contributed by atoms with Crippen molar-refractivity contribution < 1.29 is 33.1 Å². The van der Waals surface area contributed by atoms with Crippen LogP contribution in [0.5, 0.6) is 5.75 Å². The Morgan fingerprint density at radius 2 is 2.05 bits per heavy atom. The minimum atomic E-state index is -0.316. The Balaban J connectivity index is 1.42. The van der Waals surface area contributed by atoms with E-state index in [1.165, 1.54) is 0 Å². The maximum absolute atomic E-state index is 13.4. The molecule has 2 saturated heterocycles. The molecule has 3 heterocycles.